The monoisotopic (exact) mass is 351 g/mol. The van der Waals surface area contributed by atoms with E-state index in [9.17, 15) is 9.59 Å². The van der Waals surface area contributed by atoms with Gasteiger partial charge in [-0.25, -0.2) is 0 Å². The van der Waals surface area contributed by atoms with Gasteiger partial charge < -0.3 is 10.3 Å². The first kappa shape index (κ1) is 15.8. The summed E-state index contributed by atoms with van der Waals surface area (Å²) in [6.07, 6.45) is 2.62. The average Bonchev–Trinajstić information content (AvgIpc) is 3.10. The molecule has 1 aliphatic heterocycles. The van der Waals surface area contributed by atoms with Gasteiger partial charge in [0, 0.05) is 29.3 Å². The molecule has 3 N–H and O–H groups in total. The van der Waals surface area contributed by atoms with Crippen molar-refractivity contribution in [3.63, 3.8) is 0 Å². The molecule has 1 atom stereocenters. The van der Waals surface area contributed by atoms with Crippen molar-refractivity contribution >= 4 is 39.5 Å². The fraction of sp³-hybridized carbons (Fsp3) is 0.158. The molecule has 1 fully saturated rings. The molecule has 25 heavy (non-hydrogen) atoms. The molecule has 5 nitrogen and oxygen atoms in total. The number of aromatic nitrogens is 1. The largest absolute Gasteiger partial charge is 0.399 e. The Bertz CT molecular complexity index is 962. The molecule has 2 aromatic carbocycles. The lowest BCUT2D eigenvalue weighted by atomic mass is 10.1. The third-order valence-electron chi connectivity index (χ3n) is 4.38. The molecule has 0 spiro atoms. The van der Waals surface area contributed by atoms with Crippen molar-refractivity contribution in [1.82, 2.24) is 9.88 Å². The van der Waals surface area contributed by atoms with Gasteiger partial charge in [0.05, 0.1) is 5.25 Å². The number of imide groups is 1. The second-order valence-electron chi connectivity index (χ2n) is 6.13. The Kier molecular flexibility index (Phi) is 3.97. The van der Waals surface area contributed by atoms with Crippen molar-refractivity contribution in [2.75, 3.05) is 5.73 Å². The Labute approximate surface area is 149 Å². The lowest BCUT2D eigenvalue weighted by molar-refractivity contribution is -0.118. The number of anilines is 1. The first-order valence-electron chi connectivity index (χ1n) is 8.03. The van der Waals surface area contributed by atoms with E-state index in [1.807, 2.05) is 36.4 Å². The lowest BCUT2D eigenvalue weighted by Crippen LogP contribution is -2.25. The van der Waals surface area contributed by atoms with Crippen molar-refractivity contribution < 1.29 is 9.59 Å². The van der Waals surface area contributed by atoms with Crippen LogP contribution in [-0.4, -0.2) is 21.0 Å². The highest BCUT2D eigenvalue weighted by atomic mass is 32.2. The Morgan fingerprint density at radius 3 is 2.56 bits per heavy atom. The number of hydrogen-bond donors (Lipinski definition) is 2. The van der Waals surface area contributed by atoms with Gasteiger partial charge in [0.15, 0.2) is 0 Å². The molecule has 1 saturated heterocycles. The van der Waals surface area contributed by atoms with Crippen LogP contribution in [0.4, 0.5) is 10.5 Å². The number of nitrogen functional groups attached to an aromatic ring is 1. The fourth-order valence-corrected chi connectivity index (χ4v) is 4.01. The number of nitrogens with zero attached hydrogens (tertiary/aromatic N) is 1. The number of carbonyl (C=O) groups excluding carboxylic acids is 2. The van der Waals surface area contributed by atoms with E-state index in [0.29, 0.717) is 6.42 Å². The normalized spacial score (nSPS) is 17.2. The van der Waals surface area contributed by atoms with Crippen LogP contribution in [0, 0.1) is 0 Å². The number of benzene rings is 2. The third-order valence-corrected chi connectivity index (χ3v) is 5.36. The average molecular weight is 351 g/mol. The maximum Gasteiger partial charge on any atom is 0.286 e. The van der Waals surface area contributed by atoms with Crippen LogP contribution in [-0.2, 0) is 17.8 Å². The molecule has 0 radical (unpaired) electrons. The highest BCUT2D eigenvalue weighted by Gasteiger charge is 2.32. The second-order valence-corrected chi connectivity index (χ2v) is 7.30. The number of carbonyl (C=O) groups is 2. The van der Waals surface area contributed by atoms with E-state index in [1.165, 1.54) is 0 Å². The summed E-state index contributed by atoms with van der Waals surface area (Å²) < 4.78 is 2.18. The molecule has 126 valence electrons. The Morgan fingerprint density at radius 1 is 1.08 bits per heavy atom. The van der Waals surface area contributed by atoms with E-state index in [0.717, 1.165) is 46.0 Å². The van der Waals surface area contributed by atoms with Crippen LogP contribution in [0.15, 0.2) is 54.7 Å². The summed E-state index contributed by atoms with van der Waals surface area (Å²) >= 11 is 1.07. The molecule has 1 unspecified atom stereocenters. The predicted molar refractivity (Wildman–Crippen MR) is 101 cm³/mol. The number of rotatable bonds is 4. The minimum atomic E-state index is -0.358. The van der Waals surface area contributed by atoms with Gasteiger partial charge in [-0.15, -0.1) is 0 Å². The zero-order valence-electron chi connectivity index (χ0n) is 13.4. The van der Waals surface area contributed by atoms with Gasteiger partial charge in [-0.1, -0.05) is 42.1 Å². The highest BCUT2D eigenvalue weighted by molar-refractivity contribution is 8.15. The van der Waals surface area contributed by atoms with Crippen LogP contribution in [0.2, 0.25) is 0 Å². The molecule has 0 aliphatic carbocycles. The van der Waals surface area contributed by atoms with Crippen molar-refractivity contribution in [3.05, 3.63) is 65.9 Å². The molecule has 4 rings (SSSR count). The Balaban J connectivity index is 1.67. The molecule has 2 amide bonds. The quantitative estimate of drug-likeness (QED) is 0.708. The van der Waals surface area contributed by atoms with Crippen LogP contribution < -0.4 is 11.1 Å². The minimum Gasteiger partial charge on any atom is -0.399 e. The lowest BCUT2D eigenvalue weighted by Gasteiger charge is -2.06. The topological polar surface area (TPSA) is 77.1 Å². The Hall–Kier alpha value is -2.73. The second kappa shape index (κ2) is 6.29. The maximum atomic E-state index is 11.9. The van der Waals surface area contributed by atoms with Crippen LogP contribution >= 0.6 is 11.8 Å². The van der Waals surface area contributed by atoms with Crippen molar-refractivity contribution in [2.45, 2.75) is 18.2 Å². The van der Waals surface area contributed by atoms with E-state index >= 15 is 0 Å². The molecule has 0 saturated carbocycles. The number of amides is 2. The van der Waals surface area contributed by atoms with Crippen LogP contribution in [0.3, 0.4) is 0 Å². The van der Waals surface area contributed by atoms with E-state index < -0.39 is 0 Å². The van der Waals surface area contributed by atoms with Gasteiger partial charge in [0.2, 0.25) is 5.91 Å². The number of thioether (sulfide) groups is 1. The highest BCUT2D eigenvalue weighted by Crippen LogP contribution is 2.28. The van der Waals surface area contributed by atoms with Gasteiger partial charge in [-0.05, 0) is 35.7 Å². The summed E-state index contributed by atoms with van der Waals surface area (Å²) in [5.41, 5.74) is 9.85. The van der Waals surface area contributed by atoms with E-state index in [1.54, 1.807) is 0 Å². The van der Waals surface area contributed by atoms with Crippen molar-refractivity contribution in [2.24, 2.45) is 0 Å². The first-order valence-corrected chi connectivity index (χ1v) is 8.91. The predicted octanol–water partition coefficient (Wildman–Crippen LogP) is 3.17. The SMILES string of the molecule is Nc1ccc(Cn2cc(CC3SC(=O)NC3=O)c3ccccc32)cc1. The van der Waals surface area contributed by atoms with Crippen LogP contribution in [0.5, 0.6) is 0 Å². The number of hydrogen-bond acceptors (Lipinski definition) is 4. The summed E-state index contributed by atoms with van der Waals surface area (Å²) in [5, 5.41) is 2.85. The molecule has 1 aromatic heterocycles. The zero-order valence-corrected chi connectivity index (χ0v) is 14.3. The summed E-state index contributed by atoms with van der Waals surface area (Å²) in [5.74, 6) is -0.203. The van der Waals surface area contributed by atoms with Gasteiger partial charge in [-0.3, -0.25) is 14.9 Å². The van der Waals surface area contributed by atoms with E-state index in [2.05, 4.69) is 28.2 Å². The number of para-hydroxylation sites is 1. The molecule has 1 aliphatic rings. The fourth-order valence-electron chi connectivity index (χ4n) is 3.16. The number of nitrogens with one attached hydrogen (secondary N) is 1. The molecule has 2 heterocycles. The molecular weight excluding hydrogens is 334 g/mol. The van der Waals surface area contributed by atoms with Gasteiger partial charge in [-0.2, -0.15) is 0 Å². The van der Waals surface area contributed by atoms with Crippen LogP contribution in [0.25, 0.3) is 10.9 Å². The summed E-state index contributed by atoms with van der Waals surface area (Å²) in [4.78, 5) is 23.3. The summed E-state index contributed by atoms with van der Waals surface area (Å²) in [7, 11) is 0. The molecule has 3 aromatic rings. The standard InChI is InChI=1S/C19H17N3O2S/c20-14-7-5-12(6-8-14)10-22-11-13(15-3-1-2-4-16(15)22)9-17-18(23)21-19(24)25-17/h1-8,11,17H,9-10,20H2,(H,21,23,24). The minimum absolute atomic E-state index is 0.203. The van der Waals surface area contributed by atoms with Gasteiger partial charge in [0.1, 0.15) is 0 Å². The first-order chi connectivity index (χ1) is 12.1. The molecule has 6 heteroatoms. The number of fused-ring (bicyclic) bond motifs is 1. The summed E-state index contributed by atoms with van der Waals surface area (Å²) in [6, 6.07) is 16.0. The molecular formula is C19H17N3O2S. The van der Waals surface area contributed by atoms with Gasteiger partial charge in [0.25, 0.3) is 5.24 Å². The summed E-state index contributed by atoms with van der Waals surface area (Å²) in [6.45, 7) is 0.726. The maximum absolute atomic E-state index is 11.9. The van der Waals surface area contributed by atoms with Crippen molar-refractivity contribution in [3.8, 4) is 0 Å². The third kappa shape index (κ3) is 3.13. The smallest absolute Gasteiger partial charge is 0.286 e. The Morgan fingerprint density at radius 2 is 1.84 bits per heavy atom. The van der Waals surface area contributed by atoms with E-state index in [4.69, 9.17) is 5.73 Å². The van der Waals surface area contributed by atoms with Crippen molar-refractivity contribution in [1.29, 1.82) is 0 Å². The molecule has 0 bridgehead atoms. The zero-order chi connectivity index (χ0) is 17.4. The van der Waals surface area contributed by atoms with Gasteiger partial charge >= 0.3 is 0 Å². The number of nitrogens with two attached hydrogens (primary N) is 1. The van der Waals surface area contributed by atoms with Crippen LogP contribution in [0.1, 0.15) is 11.1 Å². The van der Waals surface area contributed by atoms with E-state index in [-0.39, 0.29) is 16.4 Å².